The maximum atomic E-state index is 13.0. The van der Waals surface area contributed by atoms with E-state index < -0.39 is 16.8 Å². The summed E-state index contributed by atoms with van der Waals surface area (Å²) in [6.45, 7) is 2.69. The maximum absolute atomic E-state index is 13.0. The zero-order valence-electron chi connectivity index (χ0n) is 10.9. The van der Waals surface area contributed by atoms with Crippen LogP contribution in [0.5, 0.6) is 0 Å². The van der Waals surface area contributed by atoms with E-state index in [1.807, 2.05) is 0 Å². The lowest BCUT2D eigenvalue weighted by molar-refractivity contribution is -0.114. The Hall–Kier alpha value is -1.51. The highest BCUT2D eigenvalue weighted by atomic mass is 19.1. The van der Waals surface area contributed by atoms with Crippen LogP contribution in [0.4, 0.5) is 4.39 Å². The second kappa shape index (κ2) is 5.24. The molecule has 102 valence electrons. The number of aromatic nitrogens is 1. The molecule has 1 atom stereocenters. The van der Waals surface area contributed by atoms with Crippen LogP contribution in [0.2, 0.25) is 0 Å². The fourth-order valence-corrected chi connectivity index (χ4v) is 2.72. The second-order valence-electron chi connectivity index (χ2n) is 4.88. The van der Waals surface area contributed by atoms with Gasteiger partial charge < -0.3 is 9.84 Å². The van der Waals surface area contributed by atoms with Crippen LogP contribution in [0.1, 0.15) is 31.9 Å². The van der Waals surface area contributed by atoms with Gasteiger partial charge >= 0.3 is 0 Å². The molecule has 19 heavy (non-hydrogen) atoms. The molecular weight excluding hydrogens is 247 g/mol. The summed E-state index contributed by atoms with van der Waals surface area (Å²) in [6, 6.07) is 4.97. The zero-order valence-corrected chi connectivity index (χ0v) is 10.9. The first-order valence-electron chi connectivity index (χ1n) is 6.41. The van der Waals surface area contributed by atoms with Gasteiger partial charge in [-0.2, -0.15) is 5.26 Å². The SMILES string of the molecule is CCC(O)(c1ccc(F)cn1)C1(C#N)CCOCC1. The highest BCUT2D eigenvalue weighted by Gasteiger charge is 2.52. The Bertz CT molecular complexity index is 477. The minimum Gasteiger partial charge on any atom is -0.382 e. The highest BCUT2D eigenvalue weighted by molar-refractivity contribution is 5.24. The van der Waals surface area contributed by atoms with Gasteiger partial charge in [0.2, 0.25) is 0 Å². The van der Waals surface area contributed by atoms with Crippen LogP contribution in [-0.4, -0.2) is 23.3 Å². The van der Waals surface area contributed by atoms with Crippen molar-refractivity contribution in [3.63, 3.8) is 0 Å². The third-order valence-corrected chi connectivity index (χ3v) is 4.01. The first-order chi connectivity index (χ1) is 9.08. The van der Waals surface area contributed by atoms with Gasteiger partial charge in [0.15, 0.2) is 0 Å². The van der Waals surface area contributed by atoms with Gasteiger partial charge in [0.25, 0.3) is 0 Å². The molecule has 0 aromatic carbocycles. The molecule has 1 N–H and O–H groups in total. The lowest BCUT2D eigenvalue weighted by atomic mass is 9.65. The van der Waals surface area contributed by atoms with E-state index in [2.05, 4.69) is 11.1 Å². The molecule has 1 unspecified atom stereocenters. The summed E-state index contributed by atoms with van der Waals surface area (Å²) < 4.78 is 18.2. The Labute approximate surface area is 111 Å². The number of aliphatic hydroxyl groups is 1. The standard InChI is InChI=1S/C14H17FN2O2/c1-2-14(18,12-4-3-11(15)9-17-12)13(10-16)5-7-19-8-6-13/h3-4,9,18H,2,5-8H2,1H3. The molecule has 2 rings (SSSR count). The molecule has 1 aliphatic heterocycles. The summed E-state index contributed by atoms with van der Waals surface area (Å²) in [4.78, 5) is 3.97. The van der Waals surface area contributed by atoms with Crippen LogP contribution in [0.25, 0.3) is 0 Å². The largest absolute Gasteiger partial charge is 0.382 e. The summed E-state index contributed by atoms with van der Waals surface area (Å²) >= 11 is 0. The molecule has 4 nitrogen and oxygen atoms in total. The van der Waals surface area contributed by atoms with E-state index in [1.54, 1.807) is 6.92 Å². The van der Waals surface area contributed by atoms with Crippen LogP contribution >= 0.6 is 0 Å². The molecule has 2 heterocycles. The first kappa shape index (κ1) is 13.9. The van der Waals surface area contributed by atoms with Gasteiger partial charge in [0.05, 0.1) is 23.4 Å². The van der Waals surface area contributed by atoms with Crippen molar-refractivity contribution in [1.29, 1.82) is 5.26 Å². The van der Waals surface area contributed by atoms with E-state index in [0.717, 1.165) is 6.20 Å². The molecule has 1 fully saturated rings. The maximum Gasteiger partial charge on any atom is 0.141 e. The minimum atomic E-state index is -1.38. The topological polar surface area (TPSA) is 66.1 Å². The predicted octanol–water partition coefficient (Wildman–Crippen LogP) is 2.14. The average Bonchev–Trinajstić information content (AvgIpc) is 2.47. The van der Waals surface area contributed by atoms with Crippen molar-refractivity contribution in [2.75, 3.05) is 13.2 Å². The quantitative estimate of drug-likeness (QED) is 0.908. The van der Waals surface area contributed by atoms with Crippen LogP contribution in [-0.2, 0) is 10.3 Å². The number of rotatable bonds is 3. The molecule has 5 heteroatoms. The predicted molar refractivity (Wildman–Crippen MR) is 66.5 cm³/mol. The molecule has 1 aromatic heterocycles. The van der Waals surface area contributed by atoms with Crippen molar-refractivity contribution in [3.8, 4) is 6.07 Å². The fourth-order valence-electron chi connectivity index (χ4n) is 2.72. The monoisotopic (exact) mass is 264 g/mol. The molecule has 0 radical (unpaired) electrons. The number of hydrogen-bond donors (Lipinski definition) is 1. The van der Waals surface area contributed by atoms with Gasteiger partial charge in [-0.1, -0.05) is 6.92 Å². The van der Waals surface area contributed by atoms with Crippen molar-refractivity contribution < 1.29 is 14.2 Å². The molecule has 0 bridgehead atoms. The molecule has 0 amide bonds. The summed E-state index contributed by atoms with van der Waals surface area (Å²) in [7, 11) is 0. The molecule has 1 saturated heterocycles. The van der Waals surface area contributed by atoms with Crippen molar-refractivity contribution in [2.24, 2.45) is 5.41 Å². The Kier molecular flexibility index (Phi) is 3.83. The van der Waals surface area contributed by atoms with Gasteiger partial charge in [0.1, 0.15) is 11.4 Å². The molecule has 0 spiro atoms. The van der Waals surface area contributed by atoms with Crippen LogP contribution in [0.3, 0.4) is 0 Å². The minimum absolute atomic E-state index is 0.346. The summed E-state index contributed by atoms with van der Waals surface area (Å²) in [6.07, 6.45) is 2.32. The molecular formula is C14H17FN2O2. The first-order valence-corrected chi connectivity index (χ1v) is 6.41. The third-order valence-electron chi connectivity index (χ3n) is 4.01. The Morgan fingerprint density at radius 2 is 2.21 bits per heavy atom. The summed E-state index contributed by atoms with van der Waals surface area (Å²) in [5.41, 5.74) is -1.95. The average molecular weight is 264 g/mol. The number of nitriles is 1. The highest BCUT2D eigenvalue weighted by Crippen LogP contribution is 2.48. The fraction of sp³-hybridized carbons (Fsp3) is 0.571. The van der Waals surface area contributed by atoms with Gasteiger partial charge in [-0.05, 0) is 31.4 Å². The van der Waals surface area contributed by atoms with E-state index in [4.69, 9.17) is 4.74 Å². The Balaban J connectivity index is 2.46. The number of ether oxygens (including phenoxy) is 1. The second-order valence-corrected chi connectivity index (χ2v) is 4.88. The smallest absolute Gasteiger partial charge is 0.141 e. The number of halogens is 1. The van der Waals surface area contributed by atoms with Gasteiger partial charge in [0, 0.05) is 13.2 Å². The summed E-state index contributed by atoms with van der Waals surface area (Å²) in [5, 5.41) is 20.6. The van der Waals surface area contributed by atoms with Crippen LogP contribution < -0.4 is 0 Å². The summed E-state index contributed by atoms with van der Waals surface area (Å²) in [5.74, 6) is -0.458. The lowest BCUT2D eigenvalue weighted by Crippen LogP contribution is -2.48. The van der Waals surface area contributed by atoms with Crippen molar-refractivity contribution in [2.45, 2.75) is 31.8 Å². The van der Waals surface area contributed by atoms with Gasteiger partial charge in [-0.25, -0.2) is 4.39 Å². The van der Waals surface area contributed by atoms with Crippen molar-refractivity contribution in [3.05, 3.63) is 29.8 Å². The molecule has 0 aliphatic carbocycles. The van der Waals surface area contributed by atoms with E-state index in [9.17, 15) is 14.8 Å². The van der Waals surface area contributed by atoms with Crippen LogP contribution in [0, 0.1) is 22.6 Å². The third kappa shape index (κ3) is 2.22. The van der Waals surface area contributed by atoms with Gasteiger partial charge in [-0.15, -0.1) is 0 Å². The molecule has 1 aliphatic rings. The molecule has 0 saturated carbocycles. The van der Waals surface area contributed by atoms with Crippen molar-refractivity contribution >= 4 is 0 Å². The van der Waals surface area contributed by atoms with E-state index in [0.29, 0.717) is 38.2 Å². The Morgan fingerprint density at radius 1 is 1.53 bits per heavy atom. The van der Waals surface area contributed by atoms with E-state index in [-0.39, 0.29) is 0 Å². The number of nitrogens with zero attached hydrogens (tertiary/aromatic N) is 2. The van der Waals surface area contributed by atoms with Gasteiger partial charge in [-0.3, -0.25) is 4.98 Å². The van der Waals surface area contributed by atoms with E-state index >= 15 is 0 Å². The van der Waals surface area contributed by atoms with Crippen LogP contribution in [0.15, 0.2) is 18.3 Å². The van der Waals surface area contributed by atoms with E-state index in [1.165, 1.54) is 12.1 Å². The molecule has 1 aromatic rings. The zero-order chi connectivity index (χ0) is 13.9. The van der Waals surface area contributed by atoms with Crippen molar-refractivity contribution in [1.82, 2.24) is 4.98 Å². The number of hydrogen-bond acceptors (Lipinski definition) is 4. The normalized spacial score (nSPS) is 21.4. The Morgan fingerprint density at radius 3 is 2.68 bits per heavy atom. The lowest BCUT2D eigenvalue weighted by Gasteiger charge is -2.44. The number of pyridine rings is 1.